The summed E-state index contributed by atoms with van der Waals surface area (Å²) in [5, 5.41) is 2.97. The summed E-state index contributed by atoms with van der Waals surface area (Å²) in [5.74, 6) is 1.46. The maximum Gasteiger partial charge on any atom is 0.247 e. The fourth-order valence-corrected chi connectivity index (χ4v) is 4.14. The molecule has 3 aromatic rings. The molecule has 0 saturated carbocycles. The van der Waals surface area contributed by atoms with Crippen molar-refractivity contribution in [1.29, 1.82) is 0 Å². The molecule has 0 radical (unpaired) electrons. The molecular formula is C28H30N2O5. The number of nitrogens with one attached hydrogen (secondary N) is 1. The van der Waals surface area contributed by atoms with Crippen LogP contribution in [0.15, 0.2) is 72.8 Å². The molecule has 1 aliphatic heterocycles. The van der Waals surface area contributed by atoms with E-state index >= 15 is 0 Å². The third-order valence-electron chi connectivity index (χ3n) is 5.91. The van der Waals surface area contributed by atoms with E-state index < -0.39 is 6.04 Å². The third kappa shape index (κ3) is 5.93. The Labute approximate surface area is 205 Å². The minimum atomic E-state index is -0.682. The van der Waals surface area contributed by atoms with E-state index in [9.17, 15) is 9.59 Å². The van der Waals surface area contributed by atoms with Crippen molar-refractivity contribution in [2.24, 2.45) is 5.92 Å². The van der Waals surface area contributed by atoms with Gasteiger partial charge in [0.05, 0.1) is 13.5 Å². The van der Waals surface area contributed by atoms with Crippen LogP contribution in [0.3, 0.4) is 0 Å². The van der Waals surface area contributed by atoms with Gasteiger partial charge in [-0.25, -0.2) is 0 Å². The maximum absolute atomic E-state index is 13.6. The summed E-state index contributed by atoms with van der Waals surface area (Å²) in [5.41, 5.74) is 2.40. The van der Waals surface area contributed by atoms with E-state index in [1.54, 1.807) is 30.2 Å². The van der Waals surface area contributed by atoms with E-state index in [1.807, 2.05) is 68.4 Å². The quantitative estimate of drug-likeness (QED) is 0.488. The minimum absolute atomic E-state index is 0.119. The molecule has 0 spiro atoms. The average Bonchev–Trinajstić information content (AvgIpc) is 3.32. The molecule has 1 aliphatic rings. The molecular weight excluding hydrogens is 444 g/mol. The highest BCUT2D eigenvalue weighted by Gasteiger charge is 2.33. The Kier molecular flexibility index (Phi) is 7.55. The molecule has 7 nitrogen and oxygen atoms in total. The third-order valence-corrected chi connectivity index (χ3v) is 5.91. The van der Waals surface area contributed by atoms with Crippen LogP contribution in [0.2, 0.25) is 0 Å². The van der Waals surface area contributed by atoms with E-state index in [4.69, 9.17) is 14.2 Å². The molecule has 35 heavy (non-hydrogen) atoms. The van der Waals surface area contributed by atoms with E-state index in [-0.39, 0.29) is 30.9 Å². The van der Waals surface area contributed by atoms with Gasteiger partial charge in [-0.2, -0.15) is 0 Å². The summed E-state index contributed by atoms with van der Waals surface area (Å²) in [6.45, 7) is 4.35. The van der Waals surface area contributed by atoms with Gasteiger partial charge in [0.1, 0.15) is 11.8 Å². The number of benzene rings is 3. The number of carbonyl (C=O) groups excluding carboxylic acids is 2. The molecule has 7 heteroatoms. The van der Waals surface area contributed by atoms with Crippen LogP contribution in [-0.4, -0.2) is 36.7 Å². The molecule has 1 heterocycles. The van der Waals surface area contributed by atoms with Crippen molar-refractivity contribution in [3.63, 3.8) is 0 Å². The van der Waals surface area contributed by atoms with Gasteiger partial charge in [0.25, 0.3) is 0 Å². The predicted octanol–water partition coefficient (Wildman–Crippen LogP) is 4.66. The first kappa shape index (κ1) is 24.1. The Morgan fingerprint density at radius 1 is 0.943 bits per heavy atom. The summed E-state index contributed by atoms with van der Waals surface area (Å²) in [4.78, 5) is 28.8. The molecule has 0 aliphatic carbocycles. The zero-order chi connectivity index (χ0) is 24.8. The molecule has 3 aromatic carbocycles. The van der Waals surface area contributed by atoms with Gasteiger partial charge in [-0.1, -0.05) is 56.3 Å². The molecule has 1 N–H and O–H groups in total. The first-order chi connectivity index (χ1) is 16.9. The second-order valence-corrected chi connectivity index (χ2v) is 8.78. The van der Waals surface area contributed by atoms with Crippen molar-refractivity contribution in [2.75, 3.05) is 19.2 Å². The smallest absolute Gasteiger partial charge is 0.247 e. The van der Waals surface area contributed by atoms with Crippen LogP contribution in [0, 0.1) is 5.92 Å². The summed E-state index contributed by atoms with van der Waals surface area (Å²) >= 11 is 0. The minimum Gasteiger partial charge on any atom is -0.497 e. The van der Waals surface area contributed by atoms with Crippen molar-refractivity contribution in [3.8, 4) is 17.2 Å². The van der Waals surface area contributed by atoms with Crippen LogP contribution in [0.5, 0.6) is 17.2 Å². The Balaban J connectivity index is 1.60. The second kappa shape index (κ2) is 11.0. The van der Waals surface area contributed by atoms with Crippen LogP contribution in [0.25, 0.3) is 0 Å². The van der Waals surface area contributed by atoms with Gasteiger partial charge in [0, 0.05) is 18.3 Å². The molecule has 1 atom stereocenters. The van der Waals surface area contributed by atoms with Crippen molar-refractivity contribution in [1.82, 2.24) is 4.90 Å². The van der Waals surface area contributed by atoms with Gasteiger partial charge in [0.2, 0.25) is 18.6 Å². The zero-order valence-corrected chi connectivity index (χ0v) is 20.2. The lowest BCUT2D eigenvalue weighted by atomic mass is 9.99. The lowest BCUT2D eigenvalue weighted by molar-refractivity contribution is -0.140. The number of nitrogens with zero attached hydrogens (tertiary/aromatic N) is 1. The number of amides is 2. The number of fused-ring (bicyclic) bond motifs is 1. The van der Waals surface area contributed by atoms with E-state index in [0.717, 1.165) is 16.9 Å². The van der Waals surface area contributed by atoms with Gasteiger partial charge < -0.3 is 24.4 Å². The summed E-state index contributed by atoms with van der Waals surface area (Å²) in [6, 6.07) is 21.7. The van der Waals surface area contributed by atoms with E-state index in [1.165, 1.54) is 0 Å². The Bertz CT molecular complexity index is 1160. The first-order valence-electron chi connectivity index (χ1n) is 11.6. The number of methoxy groups -OCH3 is 1. The van der Waals surface area contributed by atoms with Crippen molar-refractivity contribution < 1.29 is 23.8 Å². The summed E-state index contributed by atoms with van der Waals surface area (Å²) in [6.07, 6.45) is 0.206. The normalized spacial score (nSPS) is 12.8. The SMILES string of the molecule is COc1ccc(CN(C(=O)Cc2ccccc2)C(C(=O)Nc2ccc3c(c2)OCO3)C(C)C)cc1. The highest BCUT2D eigenvalue weighted by atomic mass is 16.7. The number of carbonyl (C=O) groups is 2. The van der Waals surface area contributed by atoms with Crippen molar-refractivity contribution in [2.45, 2.75) is 32.9 Å². The number of anilines is 1. The number of rotatable bonds is 9. The second-order valence-electron chi connectivity index (χ2n) is 8.78. The largest absolute Gasteiger partial charge is 0.497 e. The van der Waals surface area contributed by atoms with Crippen LogP contribution >= 0.6 is 0 Å². The van der Waals surface area contributed by atoms with E-state index in [2.05, 4.69) is 5.32 Å². The van der Waals surface area contributed by atoms with Crippen LogP contribution < -0.4 is 19.5 Å². The fourth-order valence-electron chi connectivity index (χ4n) is 4.14. The predicted molar refractivity (Wildman–Crippen MR) is 134 cm³/mol. The van der Waals surface area contributed by atoms with Gasteiger partial charge >= 0.3 is 0 Å². The number of ether oxygens (including phenoxy) is 3. The average molecular weight is 475 g/mol. The molecule has 182 valence electrons. The Hall–Kier alpha value is -4.00. The van der Waals surface area contributed by atoms with Crippen molar-refractivity contribution in [3.05, 3.63) is 83.9 Å². The topological polar surface area (TPSA) is 77.1 Å². The molecule has 4 rings (SSSR count). The van der Waals surface area contributed by atoms with Gasteiger partial charge in [0.15, 0.2) is 11.5 Å². The molecule has 2 amide bonds. The van der Waals surface area contributed by atoms with Gasteiger partial charge in [-0.05, 0) is 41.3 Å². The summed E-state index contributed by atoms with van der Waals surface area (Å²) in [7, 11) is 1.61. The molecule has 0 aromatic heterocycles. The first-order valence-corrected chi connectivity index (χ1v) is 11.6. The highest BCUT2D eigenvalue weighted by molar-refractivity contribution is 5.97. The Morgan fingerprint density at radius 2 is 1.66 bits per heavy atom. The van der Waals surface area contributed by atoms with E-state index in [0.29, 0.717) is 23.7 Å². The lowest BCUT2D eigenvalue weighted by Gasteiger charge is -2.34. The highest BCUT2D eigenvalue weighted by Crippen LogP contribution is 2.34. The summed E-state index contributed by atoms with van der Waals surface area (Å²) < 4.78 is 16.0. The molecule has 0 bridgehead atoms. The lowest BCUT2D eigenvalue weighted by Crippen LogP contribution is -2.50. The van der Waals surface area contributed by atoms with Gasteiger partial charge in [-0.15, -0.1) is 0 Å². The fraction of sp³-hybridized carbons (Fsp3) is 0.286. The van der Waals surface area contributed by atoms with Crippen LogP contribution in [0.1, 0.15) is 25.0 Å². The van der Waals surface area contributed by atoms with Gasteiger partial charge in [-0.3, -0.25) is 9.59 Å². The zero-order valence-electron chi connectivity index (χ0n) is 20.2. The van der Waals surface area contributed by atoms with Crippen LogP contribution in [-0.2, 0) is 22.6 Å². The molecule has 0 fully saturated rings. The monoisotopic (exact) mass is 474 g/mol. The van der Waals surface area contributed by atoms with Crippen LogP contribution in [0.4, 0.5) is 5.69 Å². The Morgan fingerprint density at radius 3 is 2.34 bits per heavy atom. The number of hydrogen-bond acceptors (Lipinski definition) is 5. The standard InChI is InChI=1S/C28H30N2O5/c1-19(2)27(28(32)29-22-11-14-24-25(16-22)35-18-34-24)30(17-21-9-12-23(33-3)13-10-21)26(31)15-20-7-5-4-6-8-20/h4-14,16,19,27H,15,17-18H2,1-3H3,(H,29,32). The maximum atomic E-state index is 13.6. The number of hydrogen-bond donors (Lipinski definition) is 1. The molecule has 1 unspecified atom stereocenters. The molecule has 0 saturated heterocycles. The van der Waals surface area contributed by atoms with Crippen molar-refractivity contribution >= 4 is 17.5 Å².